The summed E-state index contributed by atoms with van der Waals surface area (Å²) in [7, 11) is 0. The number of carbonyl (C=O) groups is 2. The topological polar surface area (TPSA) is 95.7 Å². The monoisotopic (exact) mass is 459 g/mol. The molecule has 0 aromatic heterocycles. The average molecular weight is 460 g/mol. The van der Waals surface area contributed by atoms with Crippen LogP contribution in [0.5, 0.6) is 5.75 Å². The SMILES string of the molecule is CCCCCC(=O)N1Cc2cc(N)ccc2C[C@H]1C(=O)Nc1cc(C)c(O)c(C)c1C.Cl. The molecular formula is C25H34ClN3O3. The van der Waals surface area contributed by atoms with Crippen molar-refractivity contribution >= 4 is 35.6 Å². The van der Waals surface area contributed by atoms with Gasteiger partial charge in [-0.3, -0.25) is 9.59 Å². The van der Waals surface area contributed by atoms with E-state index in [0.29, 0.717) is 36.3 Å². The molecule has 7 heteroatoms. The van der Waals surface area contributed by atoms with E-state index in [1.165, 1.54) is 0 Å². The molecule has 0 saturated heterocycles. The first kappa shape index (κ1) is 25.5. The highest BCUT2D eigenvalue weighted by Gasteiger charge is 2.34. The molecule has 6 nitrogen and oxygen atoms in total. The number of nitrogens with two attached hydrogens (primary N) is 1. The third kappa shape index (κ3) is 5.36. The molecule has 1 atom stereocenters. The van der Waals surface area contributed by atoms with E-state index < -0.39 is 6.04 Å². The highest BCUT2D eigenvalue weighted by molar-refractivity contribution is 5.98. The molecule has 0 aliphatic carbocycles. The van der Waals surface area contributed by atoms with E-state index in [4.69, 9.17) is 5.73 Å². The van der Waals surface area contributed by atoms with E-state index in [-0.39, 0.29) is 30.0 Å². The van der Waals surface area contributed by atoms with Crippen LogP contribution in [0.2, 0.25) is 0 Å². The zero-order chi connectivity index (χ0) is 22.7. The van der Waals surface area contributed by atoms with Crippen molar-refractivity contribution in [2.45, 2.75) is 72.4 Å². The third-order valence-corrected chi connectivity index (χ3v) is 6.29. The van der Waals surface area contributed by atoms with Gasteiger partial charge in [0, 0.05) is 30.8 Å². The van der Waals surface area contributed by atoms with Gasteiger partial charge in [-0.15, -0.1) is 12.4 Å². The van der Waals surface area contributed by atoms with Gasteiger partial charge in [-0.25, -0.2) is 0 Å². The second-order valence-corrected chi connectivity index (χ2v) is 8.56. The number of phenols is 1. The maximum Gasteiger partial charge on any atom is 0.247 e. The summed E-state index contributed by atoms with van der Waals surface area (Å²) >= 11 is 0. The quantitative estimate of drug-likeness (QED) is 0.328. The number of unbranched alkanes of at least 4 members (excludes halogenated alkanes) is 2. The number of rotatable bonds is 6. The molecular weight excluding hydrogens is 426 g/mol. The third-order valence-electron chi connectivity index (χ3n) is 6.29. The predicted octanol–water partition coefficient (Wildman–Crippen LogP) is 4.79. The predicted molar refractivity (Wildman–Crippen MR) is 131 cm³/mol. The lowest BCUT2D eigenvalue weighted by atomic mass is 9.92. The molecule has 0 saturated carbocycles. The van der Waals surface area contributed by atoms with E-state index in [1.807, 2.05) is 39.0 Å². The van der Waals surface area contributed by atoms with Gasteiger partial charge in [0.1, 0.15) is 11.8 Å². The van der Waals surface area contributed by atoms with Crippen LogP contribution in [0.15, 0.2) is 24.3 Å². The molecule has 1 heterocycles. The van der Waals surface area contributed by atoms with Crippen LogP contribution in [0.25, 0.3) is 0 Å². The number of halogens is 1. The number of benzene rings is 2. The van der Waals surface area contributed by atoms with Crippen molar-refractivity contribution in [2.75, 3.05) is 11.1 Å². The first-order chi connectivity index (χ1) is 14.7. The summed E-state index contributed by atoms with van der Waals surface area (Å²) < 4.78 is 0. The Morgan fingerprint density at radius 3 is 2.53 bits per heavy atom. The number of amides is 2. The summed E-state index contributed by atoms with van der Waals surface area (Å²) in [5.41, 5.74) is 11.6. The number of aryl methyl sites for hydroxylation is 1. The van der Waals surface area contributed by atoms with Gasteiger partial charge in [0.2, 0.25) is 11.8 Å². The molecule has 2 amide bonds. The van der Waals surface area contributed by atoms with E-state index in [2.05, 4.69) is 12.2 Å². The number of nitrogen functional groups attached to an aromatic ring is 1. The Morgan fingerprint density at radius 2 is 1.84 bits per heavy atom. The Hall–Kier alpha value is -2.73. The number of aromatic hydroxyl groups is 1. The van der Waals surface area contributed by atoms with Crippen LogP contribution < -0.4 is 11.1 Å². The lowest BCUT2D eigenvalue weighted by Gasteiger charge is -2.36. The fraction of sp³-hybridized carbons (Fsp3) is 0.440. The minimum absolute atomic E-state index is 0. The Bertz CT molecular complexity index is 1010. The molecule has 2 aromatic rings. The molecule has 0 spiro atoms. The minimum Gasteiger partial charge on any atom is -0.507 e. The van der Waals surface area contributed by atoms with Crippen molar-refractivity contribution in [1.29, 1.82) is 0 Å². The summed E-state index contributed by atoms with van der Waals surface area (Å²) in [4.78, 5) is 28.1. The van der Waals surface area contributed by atoms with Crippen molar-refractivity contribution in [3.05, 3.63) is 52.1 Å². The van der Waals surface area contributed by atoms with E-state index in [1.54, 1.807) is 11.0 Å². The van der Waals surface area contributed by atoms with Gasteiger partial charge in [0.05, 0.1) is 0 Å². The van der Waals surface area contributed by atoms with Gasteiger partial charge in [-0.2, -0.15) is 0 Å². The highest BCUT2D eigenvalue weighted by Crippen LogP contribution is 2.32. The van der Waals surface area contributed by atoms with Crippen LogP contribution in [0.1, 0.15) is 60.4 Å². The Morgan fingerprint density at radius 1 is 1.12 bits per heavy atom. The lowest BCUT2D eigenvalue weighted by molar-refractivity contribution is -0.140. The van der Waals surface area contributed by atoms with E-state index in [0.717, 1.165) is 41.5 Å². The number of hydrogen-bond donors (Lipinski definition) is 3. The van der Waals surface area contributed by atoms with Crippen molar-refractivity contribution in [1.82, 2.24) is 4.90 Å². The van der Waals surface area contributed by atoms with Gasteiger partial charge in [-0.05, 0) is 73.2 Å². The molecule has 1 aliphatic rings. The van der Waals surface area contributed by atoms with Gasteiger partial charge in [-0.1, -0.05) is 25.8 Å². The van der Waals surface area contributed by atoms with Crippen LogP contribution in [-0.2, 0) is 22.6 Å². The molecule has 2 aromatic carbocycles. The fourth-order valence-corrected chi connectivity index (χ4v) is 4.18. The lowest BCUT2D eigenvalue weighted by Crippen LogP contribution is -2.50. The Balaban J connectivity index is 0.00000363. The van der Waals surface area contributed by atoms with Gasteiger partial charge in [0.15, 0.2) is 0 Å². The van der Waals surface area contributed by atoms with Crippen molar-refractivity contribution in [3.63, 3.8) is 0 Å². The molecule has 1 aliphatic heterocycles. The van der Waals surface area contributed by atoms with Crippen molar-refractivity contribution in [2.24, 2.45) is 0 Å². The van der Waals surface area contributed by atoms with Crippen LogP contribution in [0.3, 0.4) is 0 Å². The fourth-order valence-electron chi connectivity index (χ4n) is 4.18. The van der Waals surface area contributed by atoms with Gasteiger partial charge in [0.25, 0.3) is 0 Å². The van der Waals surface area contributed by atoms with E-state index in [9.17, 15) is 14.7 Å². The van der Waals surface area contributed by atoms with Gasteiger partial charge >= 0.3 is 0 Å². The summed E-state index contributed by atoms with van der Waals surface area (Å²) in [6.45, 7) is 8.00. The summed E-state index contributed by atoms with van der Waals surface area (Å²) in [5.74, 6) is 0.0304. The number of hydrogen-bond acceptors (Lipinski definition) is 4. The van der Waals surface area contributed by atoms with Crippen LogP contribution >= 0.6 is 12.4 Å². The largest absolute Gasteiger partial charge is 0.507 e. The zero-order valence-corrected chi connectivity index (χ0v) is 20.1. The van der Waals surface area contributed by atoms with Crippen LogP contribution in [0.4, 0.5) is 11.4 Å². The maximum absolute atomic E-state index is 13.4. The normalized spacial score (nSPS) is 15.0. The highest BCUT2D eigenvalue weighted by atomic mass is 35.5. The second kappa shape index (κ2) is 10.7. The summed E-state index contributed by atoms with van der Waals surface area (Å²) in [6.07, 6.45) is 3.74. The first-order valence-corrected chi connectivity index (χ1v) is 11.0. The average Bonchev–Trinajstić information content (AvgIpc) is 2.75. The number of nitrogens with zero attached hydrogens (tertiary/aromatic N) is 1. The minimum atomic E-state index is -0.584. The summed E-state index contributed by atoms with van der Waals surface area (Å²) in [5, 5.41) is 13.2. The molecule has 0 unspecified atom stereocenters. The summed E-state index contributed by atoms with van der Waals surface area (Å²) in [6, 6.07) is 6.87. The standard InChI is InChI=1S/C25H33N3O3.ClH/c1-5-6-7-8-23(29)28-14-19-12-20(26)10-9-18(19)13-22(28)25(31)27-21-11-15(2)24(30)17(4)16(21)3;/h9-12,22,30H,5-8,13-14,26H2,1-4H3,(H,27,31);1H/t22-;/m0./s1. The van der Waals surface area contributed by atoms with Gasteiger partial charge < -0.3 is 21.1 Å². The first-order valence-electron chi connectivity index (χ1n) is 11.0. The number of nitrogens with one attached hydrogen (secondary N) is 1. The maximum atomic E-state index is 13.4. The number of carbonyl (C=O) groups excluding carboxylic acids is 2. The molecule has 174 valence electrons. The second-order valence-electron chi connectivity index (χ2n) is 8.56. The Kier molecular flexibility index (Phi) is 8.56. The number of anilines is 2. The molecule has 4 N–H and O–H groups in total. The number of phenolic OH excluding ortho intramolecular Hbond substituents is 1. The smallest absolute Gasteiger partial charge is 0.247 e. The molecule has 0 radical (unpaired) electrons. The number of fused-ring (bicyclic) bond motifs is 1. The van der Waals surface area contributed by atoms with Crippen molar-refractivity contribution in [3.8, 4) is 5.75 Å². The van der Waals surface area contributed by atoms with Crippen LogP contribution in [-0.4, -0.2) is 27.9 Å². The van der Waals surface area contributed by atoms with E-state index >= 15 is 0 Å². The molecule has 32 heavy (non-hydrogen) atoms. The Labute approximate surface area is 196 Å². The molecule has 0 fully saturated rings. The molecule has 0 bridgehead atoms. The van der Waals surface area contributed by atoms with Crippen molar-refractivity contribution < 1.29 is 14.7 Å². The zero-order valence-electron chi connectivity index (χ0n) is 19.3. The molecule has 3 rings (SSSR count). The van der Waals surface area contributed by atoms with Crippen LogP contribution in [0, 0.1) is 20.8 Å².